The van der Waals surface area contributed by atoms with Crippen molar-refractivity contribution in [3.8, 4) is 11.5 Å². The van der Waals surface area contributed by atoms with E-state index in [1.807, 2.05) is 56.3 Å². The molecule has 1 aliphatic heterocycles. The lowest BCUT2D eigenvalue weighted by Crippen LogP contribution is -2.22. The first-order valence-corrected chi connectivity index (χ1v) is 9.85. The van der Waals surface area contributed by atoms with Crippen molar-refractivity contribution in [2.24, 2.45) is 16.6 Å². The number of hydrogen-bond donors (Lipinski definition) is 3. The summed E-state index contributed by atoms with van der Waals surface area (Å²) in [4.78, 5) is 16.3. The Kier molecular flexibility index (Phi) is 9.22. The second-order valence-electron chi connectivity index (χ2n) is 7.38. The first-order valence-electron chi connectivity index (χ1n) is 9.85. The van der Waals surface area contributed by atoms with Crippen LogP contribution in [-0.4, -0.2) is 25.1 Å². The van der Waals surface area contributed by atoms with E-state index in [1.54, 1.807) is 0 Å². The van der Waals surface area contributed by atoms with Crippen molar-refractivity contribution in [2.75, 3.05) is 23.8 Å². The van der Waals surface area contributed by atoms with Crippen LogP contribution in [0.4, 0.5) is 11.4 Å². The molecule has 0 saturated carbocycles. The van der Waals surface area contributed by atoms with Gasteiger partial charge in [0.15, 0.2) is 17.5 Å². The van der Waals surface area contributed by atoms with E-state index in [1.165, 1.54) is 0 Å². The first kappa shape index (κ1) is 23.8. The van der Waals surface area contributed by atoms with Crippen LogP contribution < -0.4 is 25.8 Å². The summed E-state index contributed by atoms with van der Waals surface area (Å²) >= 11 is 0. The molecular formula is C22H29IN4O3. The highest BCUT2D eigenvalue weighted by Gasteiger charge is 2.11. The number of ether oxygens (including phenoxy) is 2. The molecule has 162 valence electrons. The summed E-state index contributed by atoms with van der Waals surface area (Å²) in [5.74, 6) is 2.06. The van der Waals surface area contributed by atoms with Crippen molar-refractivity contribution in [2.45, 2.75) is 33.2 Å². The second kappa shape index (κ2) is 11.6. The maximum atomic E-state index is 11.9. The van der Waals surface area contributed by atoms with Gasteiger partial charge >= 0.3 is 0 Å². The quantitative estimate of drug-likeness (QED) is 0.296. The molecule has 0 bridgehead atoms. The van der Waals surface area contributed by atoms with E-state index < -0.39 is 0 Å². The number of anilines is 2. The zero-order valence-electron chi connectivity index (χ0n) is 17.3. The average Bonchev–Trinajstić information content (AvgIpc) is 2.91. The second-order valence-corrected chi connectivity index (χ2v) is 7.38. The molecule has 3 rings (SSSR count). The van der Waals surface area contributed by atoms with Gasteiger partial charge in [0.2, 0.25) is 5.91 Å². The molecule has 2 aromatic carbocycles. The molecular weight excluding hydrogens is 495 g/mol. The molecule has 7 nitrogen and oxygen atoms in total. The van der Waals surface area contributed by atoms with E-state index in [0.717, 1.165) is 29.1 Å². The van der Waals surface area contributed by atoms with Crippen LogP contribution in [0.15, 0.2) is 47.5 Å². The van der Waals surface area contributed by atoms with E-state index in [-0.39, 0.29) is 29.9 Å². The van der Waals surface area contributed by atoms with Gasteiger partial charge in [-0.25, -0.2) is 4.99 Å². The molecule has 1 amide bonds. The number of guanidine groups is 1. The molecule has 1 aliphatic rings. The fourth-order valence-corrected chi connectivity index (χ4v) is 2.94. The Morgan fingerprint density at radius 2 is 1.80 bits per heavy atom. The van der Waals surface area contributed by atoms with Crippen LogP contribution in [0.25, 0.3) is 0 Å². The van der Waals surface area contributed by atoms with Gasteiger partial charge in [-0.1, -0.05) is 26.0 Å². The lowest BCUT2D eigenvalue weighted by atomic mass is 10.1. The van der Waals surface area contributed by atoms with E-state index in [2.05, 4.69) is 15.6 Å². The molecule has 0 aromatic heterocycles. The third-order valence-electron chi connectivity index (χ3n) is 4.26. The van der Waals surface area contributed by atoms with Crippen LogP contribution in [0.2, 0.25) is 0 Å². The molecule has 0 atom stereocenters. The van der Waals surface area contributed by atoms with Crippen LogP contribution in [0, 0.1) is 5.92 Å². The summed E-state index contributed by atoms with van der Waals surface area (Å²) in [6.45, 7) is 5.72. The number of aliphatic imine (C=N–C) groups is 1. The Labute approximate surface area is 194 Å². The monoisotopic (exact) mass is 524 g/mol. The van der Waals surface area contributed by atoms with Crippen LogP contribution in [0.1, 0.15) is 32.3 Å². The van der Waals surface area contributed by atoms with Gasteiger partial charge in [0.05, 0.1) is 19.8 Å². The normalized spacial score (nSPS) is 13.2. The Bertz CT molecular complexity index is 886. The summed E-state index contributed by atoms with van der Waals surface area (Å²) in [5, 5.41) is 5.99. The fraction of sp³-hybridized carbons (Fsp3) is 0.364. The number of amides is 1. The summed E-state index contributed by atoms with van der Waals surface area (Å²) < 4.78 is 11.3. The third kappa shape index (κ3) is 7.40. The highest BCUT2D eigenvalue weighted by atomic mass is 127. The smallest absolute Gasteiger partial charge is 0.224 e. The Morgan fingerprint density at radius 1 is 1.07 bits per heavy atom. The molecule has 0 saturated heterocycles. The number of nitrogens with two attached hydrogens (primary N) is 1. The number of nitrogens with one attached hydrogen (secondary N) is 2. The highest BCUT2D eigenvalue weighted by Crippen LogP contribution is 2.32. The Balaban J connectivity index is 0.00000320. The van der Waals surface area contributed by atoms with E-state index in [9.17, 15) is 4.79 Å². The number of hydrogen-bond acceptors (Lipinski definition) is 4. The van der Waals surface area contributed by atoms with Gasteiger partial charge in [-0.15, -0.1) is 24.0 Å². The molecule has 0 spiro atoms. The van der Waals surface area contributed by atoms with Crippen molar-refractivity contribution in [3.63, 3.8) is 0 Å². The zero-order valence-corrected chi connectivity index (χ0v) is 19.6. The van der Waals surface area contributed by atoms with Crippen LogP contribution >= 0.6 is 24.0 Å². The van der Waals surface area contributed by atoms with Crippen molar-refractivity contribution >= 4 is 47.2 Å². The number of nitrogens with zero attached hydrogens (tertiary/aromatic N) is 1. The lowest BCUT2D eigenvalue weighted by Gasteiger charge is -2.11. The summed E-state index contributed by atoms with van der Waals surface area (Å²) in [7, 11) is 0. The highest BCUT2D eigenvalue weighted by molar-refractivity contribution is 14.0. The van der Waals surface area contributed by atoms with Gasteiger partial charge in [0.25, 0.3) is 0 Å². The van der Waals surface area contributed by atoms with Gasteiger partial charge < -0.3 is 25.8 Å². The number of carbonyl (C=O) groups is 1. The van der Waals surface area contributed by atoms with Gasteiger partial charge in [-0.05, 0) is 35.7 Å². The minimum atomic E-state index is 0. The largest absolute Gasteiger partial charge is 0.490 e. The van der Waals surface area contributed by atoms with Crippen LogP contribution in [0.3, 0.4) is 0 Å². The number of fused-ring (bicyclic) bond motifs is 1. The molecule has 4 N–H and O–H groups in total. The molecule has 0 unspecified atom stereocenters. The number of rotatable bonds is 6. The van der Waals surface area contributed by atoms with E-state index in [4.69, 9.17) is 15.2 Å². The third-order valence-corrected chi connectivity index (χ3v) is 4.26. The zero-order chi connectivity index (χ0) is 20.6. The SMILES string of the molecule is CC(C)CC(=O)Nc1cccc(CN=C(N)Nc2ccc3c(c2)OCCCO3)c1.I. The molecule has 0 fully saturated rings. The maximum absolute atomic E-state index is 11.9. The number of benzene rings is 2. The van der Waals surface area contributed by atoms with E-state index >= 15 is 0 Å². The Morgan fingerprint density at radius 3 is 2.57 bits per heavy atom. The molecule has 2 aromatic rings. The molecule has 8 heteroatoms. The molecule has 1 heterocycles. The predicted octanol–water partition coefficient (Wildman–Crippen LogP) is 4.38. The van der Waals surface area contributed by atoms with Crippen LogP contribution in [0.5, 0.6) is 11.5 Å². The standard InChI is InChI=1S/C22H28N4O3.HI/c1-15(2)11-21(27)25-17-6-3-5-16(12-17)14-24-22(23)26-18-7-8-19-20(13-18)29-10-4-9-28-19;/h3,5-8,12-13,15H,4,9-11,14H2,1-2H3,(H,25,27)(H3,23,24,26);1H. The summed E-state index contributed by atoms with van der Waals surface area (Å²) in [5.41, 5.74) is 8.53. The predicted molar refractivity (Wildman–Crippen MR) is 131 cm³/mol. The summed E-state index contributed by atoms with van der Waals surface area (Å²) in [6.07, 6.45) is 1.35. The van der Waals surface area contributed by atoms with Crippen molar-refractivity contribution < 1.29 is 14.3 Å². The summed E-state index contributed by atoms with van der Waals surface area (Å²) in [6, 6.07) is 13.2. The minimum absolute atomic E-state index is 0. The molecule has 0 radical (unpaired) electrons. The number of halogens is 1. The maximum Gasteiger partial charge on any atom is 0.224 e. The molecule has 0 aliphatic carbocycles. The lowest BCUT2D eigenvalue weighted by molar-refractivity contribution is -0.116. The average molecular weight is 524 g/mol. The van der Waals surface area contributed by atoms with Crippen molar-refractivity contribution in [3.05, 3.63) is 48.0 Å². The van der Waals surface area contributed by atoms with Gasteiger partial charge in [-0.3, -0.25) is 4.79 Å². The Hall–Kier alpha value is -2.49. The van der Waals surface area contributed by atoms with Gasteiger partial charge in [-0.2, -0.15) is 0 Å². The topological polar surface area (TPSA) is 98.0 Å². The van der Waals surface area contributed by atoms with Crippen molar-refractivity contribution in [1.82, 2.24) is 0 Å². The fourth-order valence-electron chi connectivity index (χ4n) is 2.94. The van der Waals surface area contributed by atoms with E-state index in [0.29, 0.717) is 43.8 Å². The minimum Gasteiger partial charge on any atom is -0.490 e. The van der Waals surface area contributed by atoms with Gasteiger partial charge in [0, 0.05) is 30.3 Å². The van der Waals surface area contributed by atoms with Gasteiger partial charge in [0.1, 0.15) is 0 Å². The van der Waals surface area contributed by atoms with Crippen molar-refractivity contribution in [1.29, 1.82) is 0 Å². The molecule has 30 heavy (non-hydrogen) atoms. The van der Waals surface area contributed by atoms with Crippen LogP contribution in [-0.2, 0) is 11.3 Å². The number of carbonyl (C=O) groups excluding carboxylic acids is 1. The first-order chi connectivity index (χ1) is 14.0.